The van der Waals surface area contributed by atoms with Crippen molar-refractivity contribution in [3.8, 4) is 0 Å². The molecule has 0 bridgehead atoms. The van der Waals surface area contributed by atoms with Crippen LogP contribution in [0.25, 0.3) is 5.57 Å². The number of hydrogen-bond donors (Lipinski definition) is 1. The van der Waals surface area contributed by atoms with Crippen LogP contribution in [0.2, 0.25) is 0 Å². The average Bonchev–Trinajstić information content (AvgIpc) is 2.03. The summed E-state index contributed by atoms with van der Waals surface area (Å²) >= 11 is 4.62. The van der Waals surface area contributed by atoms with Crippen molar-refractivity contribution < 1.29 is 13.2 Å². The van der Waals surface area contributed by atoms with Gasteiger partial charge in [-0.3, -0.25) is 5.10 Å². The maximum Gasteiger partial charge on any atom is 0.417 e. The molecule has 1 N–H and O–H groups in total. The molecule has 1 aromatic heterocycles. The highest BCUT2D eigenvalue weighted by Gasteiger charge is 2.33. The van der Waals surface area contributed by atoms with Gasteiger partial charge in [0, 0.05) is 0 Å². The molecular weight excluding hydrogens is 201 g/mol. The molecule has 2 nitrogen and oxygen atoms in total. The summed E-state index contributed by atoms with van der Waals surface area (Å²) in [5.41, 5.74) is -1.24. The Morgan fingerprint density at radius 3 is 2.46 bits per heavy atom. The van der Waals surface area contributed by atoms with E-state index in [0.29, 0.717) is 0 Å². The van der Waals surface area contributed by atoms with Crippen molar-refractivity contribution in [1.29, 1.82) is 0 Å². The monoisotopic (exact) mass is 206 g/mol. The Bertz CT molecular complexity index is 360. The predicted molar refractivity (Wildman–Crippen MR) is 44.5 cm³/mol. The maximum absolute atomic E-state index is 12.1. The lowest BCUT2D eigenvalue weighted by Crippen LogP contribution is -2.11. The van der Waals surface area contributed by atoms with Crippen LogP contribution in [0.5, 0.6) is 0 Å². The molecule has 0 aliphatic heterocycles. The van der Waals surface area contributed by atoms with E-state index in [1.807, 2.05) is 0 Å². The minimum Gasteiger partial charge on any atom is -0.267 e. The molecule has 0 aliphatic rings. The van der Waals surface area contributed by atoms with Gasteiger partial charge in [0.25, 0.3) is 0 Å². The molecular formula is C7H5F3N2S. The summed E-state index contributed by atoms with van der Waals surface area (Å²) < 4.78 is 36.4. The summed E-state index contributed by atoms with van der Waals surface area (Å²) in [6, 6.07) is 2.50. The van der Waals surface area contributed by atoms with Crippen LogP contribution in [0, 0.1) is 4.64 Å². The third-order valence-corrected chi connectivity index (χ3v) is 1.56. The molecule has 0 unspecified atom stereocenters. The molecule has 1 heterocycles. The molecule has 0 radical (unpaired) electrons. The van der Waals surface area contributed by atoms with Gasteiger partial charge in [-0.1, -0.05) is 18.8 Å². The Kier molecular flexibility index (Phi) is 2.51. The molecule has 0 saturated heterocycles. The smallest absolute Gasteiger partial charge is 0.267 e. The standard InChI is InChI=1S/C7H5F3N2S/c1-4(7(8,9)10)5-2-3-6(13)12-11-5/h2-3H,1H2,(H,12,13). The zero-order valence-corrected chi connectivity index (χ0v) is 7.17. The van der Waals surface area contributed by atoms with E-state index in [4.69, 9.17) is 0 Å². The summed E-state index contributed by atoms with van der Waals surface area (Å²) in [5.74, 6) is 0. The van der Waals surface area contributed by atoms with Crippen LogP contribution >= 0.6 is 12.2 Å². The van der Waals surface area contributed by atoms with Crippen molar-refractivity contribution in [2.75, 3.05) is 0 Å². The SMILES string of the molecule is C=C(c1ccc(=S)[nH]n1)C(F)(F)F. The van der Waals surface area contributed by atoms with Crippen LogP contribution in [0.4, 0.5) is 13.2 Å². The van der Waals surface area contributed by atoms with Crippen LogP contribution < -0.4 is 0 Å². The summed E-state index contributed by atoms with van der Waals surface area (Å²) in [4.78, 5) is 0. The number of allylic oxidation sites excluding steroid dienone is 1. The highest BCUT2D eigenvalue weighted by molar-refractivity contribution is 7.71. The third-order valence-electron chi connectivity index (χ3n) is 1.33. The number of alkyl halides is 3. The van der Waals surface area contributed by atoms with Crippen molar-refractivity contribution in [3.63, 3.8) is 0 Å². The summed E-state index contributed by atoms with van der Waals surface area (Å²) in [7, 11) is 0. The first-order valence-corrected chi connectivity index (χ1v) is 3.64. The Balaban J connectivity index is 3.04. The number of nitrogens with zero attached hydrogens (tertiary/aromatic N) is 1. The van der Waals surface area contributed by atoms with E-state index < -0.39 is 11.7 Å². The van der Waals surface area contributed by atoms with Gasteiger partial charge < -0.3 is 0 Å². The quantitative estimate of drug-likeness (QED) is 0.715. The molecule has 0 spiro atoms. The van der Waals surface area contributed by atoms with Crippen molar-refractivity contribution in [1.82, 2.24) is 10.2 Å². The first-order valence-electron chi connectivity index (χ1n) is 3.23. The molecule has 0 fully saturated rings. The lowest BCUT2D eigenvalue weighted by Gasteiger charge is -2.07. The second kappa shape index (κ2) is 3.29. The lowest BCUT2D eigenvalue weighted by atomic mass is 10.2. The number of nitrogens with one attached hydrogen (secondary N) is 1. The number of aromatic amines is 1. The van der Waals surface area contributed by atoms with Gasteiger partial charge in [0.15, 0.2) is 0 Å². The largest absolute Gasteiger partial charge is 0.417 e. The van der Waals surface area contributed by atoms with Crippen LogP contribution in [-0.4, -0.2) is 16.4 Å². The normalized spacial score (nSPS) is 11.3. The fraction of sp³-hybridized carbons (Fsp3) is 0.143. The van der Waals surface area contributed by atoms with Gasteiger partial charge in [-0.25, -0.2) is 0 Å². The molecule has 0 aromatic carbocycles. The van der Waals surface area contributed by atoms with Gasteiger partial charge in [0.05, 0.1) is 11.3 Å². The average molecular weight is 206 g/mol. The fourth-order valence-corrected chi connectivity index (χ4v) is 0.771. The van der Waals surface area contributed by atoms with Gasteiger partial charge in [-0.2, -0.15) is 18.3 Å². The van der Waals surface area contributed by atoms with Gasteiger partial charge in [-0.15, -0.1) is 0 Å². The van der Waals surface area contributed by atoms with Crippen LogP contribution in [-0.2, 0) is 0 Å². The zero-order chi connectivity index (χ0) is 10.1. The molecule has 1 rings (SSSR count). The van der Waals surface area contributed by atoms with E-state index in [9.17, 15) is 13.2 Å². The van der Waals surface area contributed by atoms with Crippen molar-refractivity contribution in [2.45, 2.75) is 6.18 Å². The summed E-state index contributed by atoms with van der Waals surface area (Å²) in [6.45, 7) is 2.88. The van der Waals surface area contributed by atoms with Crippen molar-refractivity contribution in [3.05, 3.63) is 29.0 Å². The predicted octanol–water partition coefficient (Wildman–Crippen LogP) is 2.71. The number of hydrogen-bond acceptors (Lipinski definition) is 2. The maximum atomic E-state index is 12.1. The van der Waals surface area contributed by atoms with Gasteiger partial charge in [0.1, 0.15) is 4.64 Å². The topological polar surface area (TPSA) is 28.7 Å². The Labute approximate surface area is 77.1 Å². The second-order valence-electron chi connectivity index (χ2n) is 2.28. The van der Waals surface area contributed by atoms with E-state index in [1.54, 1.807) is 0 Å². The number of halogens is 3. The molecule has 0 saturated carbocycles. The number of aromatic nitrogens is 2. The van der Waals surface area contributed by atoms with Gasteiger partial charge >= 0.3 is 6.18 Å². The molecule has 0 amide bonds. The molecule has 6 heteroatoms. The first kappa shape index (κ1) is 9.91. The van der Waals surface area contributed by atoms with E-state index in [2.05, 4.69) is 29.0 Å². The highest BCUT2D eigenvalue weighted by atomic mass is 32.1. The number of H-pyrrole nitrogens is 1. The zero-order valence-electron chi connectivity index (χ0n) is 6.35. The molecule has 70 valence electrons. The fourth-order valence-electron chi connectivity index (χ4n) is 0.658. The summed E-state index contributed by atoms with van der Waals surface area (Å²) in [6.07, 6.45) is -4.45. The molecule has 13 heavy (non-hydrogen) atoms. The molecule has 0 atom stereocenters. The van der Waals surface area contributed by atoms with Crippen molar-refractivity contribution in [2.24, 2.45) is 0 Å². The third kappa shape index (κ3) is 2.38. The number of rotatable bonds is 1. The van der Waals surface area contributed by atoms with Crippen LogP contribution in [0.3, 0.4) is 0 Å². The molecule has 0 aliphatic carbocycles. The highest BCUT2D eigenvalue weighted by Crippen LogP contribution is 2.30. The Hall–Kier alpha value is -1.17. The minimum absolute atomic E-state index is 0.249. The van der Waals surface area contributed by atoms with E-state index in [-0.39, 0.29) is 10.3 Å². The Morgan fingerprint density at radius 2 is 2.08 bits per heavy atom. The minimum atomic E-state index is -4.45. The van der Waals surface area contributed by atoms with Crippen molar-refractivity contribution >= 4 is 17.8 Å². The summed E-state index contributed by atoms with van der Waals surface area (Å²) in [5, 5.41) is 5.65. The Morgan fingerprint density at radius 1 is 1.46 bits per heavy atom. The van der Waals surface area contributed by atoms with Gasteiger partial charge in [-0.05, 0) is 12.1 Å². The van der Waals surface area contributed by atoms with Crippen LogP contribution in [0.15, 0.2) is 18.7 Å². The van der Waals surface area contributed by atoms with E-state index >= 15 is 0 Å². The van der Waals surface area contributed by atoms with Crippen LogP contribution in [0.1, 0.15) is 5.69 Å². The van der Waals surface area contributed by atoms with E-state index in [1.165, 1.54) is 12.1 Å². The molecule has 1 aromatic rings. The first-order chi connectivity index (χ1) is 5.91. The van der Waals surface area contributed by atoms with Gasteiger partial charge in [0.2, 0.25) is 0 Å². The lowest BCUT2D eigenvalue weighted by molar-refractivity contribution is -0.0689. The second-order valence-corrected chi connectivity index (χ2v) is 2.72. The van der Waals surface area contributed by atoms with E-state index in [0.717, 1.165) is 0 Å².